The van der Waals surface area contributed by atoms with E-state index in [2.05, 4.69) is 44.4 Å². The Hall–Kier alpha value is -1.45. The van der Waals surface area contributed by atoms with E-state index < -0.39 is 0 Å². The van der Waals surface area contributed by atoms with Crippen molar-refractivity contribution in [2.45, 2.75) is 27.2 Å². The Labute approximate surface area is 126 Å². The third-order valence-electron chi connectivity index (χ3n) is 3.59. The molecule has 102 valence electrons. The van der Waals surface area contributed by atoms with Crippen LogP contribution in [0.5, 0.6) is 0 Å². The van der Waals surface area contributed by atoms with Crippen LogP contribution in [0.2, 0.25) is 0 Å². The number of aryl methyl sites for hydroxylation is 3. The second-order valence-electron chi connectivity index (χ2n) is 5.24. The van der Waals surface area contributed by atoms with Gasteiger partial charge in [-0.05, 0) is 55.0 Å². The van der Waals surface area contributed by atoms with Crippen molar-refractivity contribution in [3.05, 3.63) is 56.8 Å². The second kappa shape index (κ2) is 5.15. The molecule has 3 rings (SSSR count). The maximum Gasteiger partial charge on any atom is 0.177 e. The molecule has 0 fully saturated rings. The number of Topliss-reactive ketones (excluding diaryl/α,β-unsaturated/α-hetero) is 1. The van der Waals surface area contributed by atoms with Crippen LogP contribution in [-0.4, -0.2) is 5.78 Å². The number of carbonyl (C=O) groups is 1. The van der Waals surface area contributed by atoms with E-state index in [1.54, 1.807) is 22.7 Å². The van der Waals surface area contributed by atoms with Gasteiger partial charge in [0.1, 0.15) is 0 Å². The highest BCUT2D eigenvalue weighted by atomic mass is 32.1. The zero-order valence-electron chi connectivity index (χ0n) is 11.8. The summed E-state index contributed by atoms with van der Waals surface area (Å²) in [6.45, 7) is 6.28. The Morgan fingerprint density at radius 1 is 1.05 bits per heavy atom. The number of hydrogen-bond acceptors (Lipinski definition) is 3. The normalized spacial score (nSPS) is 11.2. The van der Waals surface area contributed by atoms with Crippen molar-refractivity contribution in [3.8, 4) is 0 Å². The van der Waals surface area contributed by atoms with E-state index in [-0.39, 0.29) is 5.78 Å². The third kappa shape index (κ3) is 2.43. The lowest BCUT2D eigenvalue weighted by molar-refractivity contribution is 0.0996. The summed E-state index contributed by atoms with van der Waals surface area (Å²) >= 11 is 3.31. The van der Waals surface area contributed by atoms with Gasteiger partial charge in [0.25, 0.3) is 0 Å². The number of ketones is 1. The molecule has 0 saturated heterocycles. The topological polar surface area (TPSA) is 17.1 Å². The van der Waals surface area contributed by atoms with Gasteiger partial charge in [-0.15, -0.1) is 22.7 Å². The molecule has 0 spiro atoms. The molecule has 0 N–H and O–H groups in total. The van der Waals surface area contributed by atoms with Crippen molar-refractivity contribution in [1.29, 1.82) is 0 Å². The predicted octanol–water partition coefficient (Wildman–Crippen LogP) is 5.31. The summed E-state index contributed by atoms with van der Waals surface area (Å²) in [5.74, 6) is 0.230. The van der Waals surface area contributed by atoms with Crippen molar-refractivity contribution >= 4 is 37.9 Å². The van der Waals surface area contributed by atoms with Crippen molar-refractivity contribution in [2.24, 2.45) is 0 Å². The Kier molecular flexibility index (Phi) is 3.48. The van der Waals surface area contributed by atoms with Gasteiger partial charge in [-0.1, -0.05) is 17.7 Å². The van der Waals surface area contributed by atoms with E-state index in [4.69, 9.17) is 0 Å². The highest BCUT2D eigenvalue weighted by Crippen LogP contribution is 2.31. The highest BCUT2D eigenvalue weighted by molar-refractivity contribution is 7.27. The number of rotatable bonds is 3. The molecule has 0 amide bonds. The molecular weight excluding hydrogens is 284 g/mol. The molecule has 2 heterocycles. The smallest absolute Gasteiger partial charge is 0.177 e. The fraction of sp³-hybridized carbons (Fsp3) is 0.235. The van der Waals surface area contributed by atoms with Crippen LogP contribution >= 0.6 is 22.7 Å². The summed E-state index contributed by atoms with van der Waals surface area (Å²) in [6.07, 6.45) is 0.506. The largest absolute Gasteiger partial charge is 0.293 e. The molecule has 0 bridgehead atoms. The fourth-order valence-corrected chi connectivity index (χ4v) is 4.69. The van der Waals surface area contributed by atoms with Crippen LogP contribution in [0.1, 0.15) is 31.9 Å². The van der Waals surface area contributed by atoms with Gasteiger partial charge < -0.3 is 0 Å². The minimum absolute atomic E-state index is 0.230. The molecule has 0 atom stereocenters. The quantitative estimate of drug-likeness (QED) is 0.599. The molecule has 0 aliphatic carbocycles. The zero-order chi connectivity index (χ0) is 14.3. The van der Waals surface area contributed by atoms with Crippen LogP contribution in [0.4, 0.5) is 0 Å². The van der Waals surface area contributed by atoms with E-state index >= 15 is 0 Å². The SMILES string of the molecule is Cc1cc(C)c(CC(=O)c2cc3sccc3s2)c(C)c1. The molecule has 0 saturated carbocycles. The number of hydrogen-bond donors (Lipinski definition) is 0. The Bertz CT molecular complexity index is 741. The predicted molar refractivity (Wildman–Crippen MR) is 88.4 cm³/mol. The molecule has 3 aromatic rings. The van der Waals surface area contributed by atoms with Gasteiger partial charge in [-0.2, -0.15) is 0 Å². The molecule has 0 aliphatic heterocycles. The number of thiophene rings is 2. The lowest BCUT2D eigenvalue weighted by Crippen LogP contribution is -2.05. The van der Waals surface area contributed by atoms with Crippen molar-refractivity contribution in [3.63, 3.8) is 0 Å². The Morgan fingerprint density at radius 3 is 2.40 bits per heavy atom. The fourth-order valence-electron chi connectivity index (χ4n) is 2.64. The highest BCUT2D eigenvalue weighted by Gasteiger charge is 2.14. The van der Waals surface area contributed by atoms with Crippen LogP contribution in [0.3, 0.4) is 0 Å². The first kappa shape index (κ1) is 13.5. The minimum atomic E-state index is 0.230. The number of fused-ring (bicyclic) bond motifs is 1. The van der Waals surface area contributed by atoms with Crippen LogP contribution in [-0.2, 0) is 6.42 Å². The molecule has 20 heavy (non-hydrogen) atoms. The van der Waals surface area contributed by atoms with E-state index in [0.29, 0.717) is 6.42 Å². The molecular formula is C17H16OS2. The zero-order valence-corrected chi connectivity index (χ0v) is 13.5. The molecule has 0 radical (unpaired) electrons. The van der Waals surface area contributed by atoms with Gasteiger partial charge in [0, 0.05) is 15.8 Å². The van der Waals surface area contributed by atoms with Crippen LogP contribution in [0.15, 0.2) is 29.6 Å². The molecule has 3 heteroatoms. The van der Waals surface area contributed by atoms with Gasteiger partial charge in [0.15, 0.2) is 5.78 Å². The second-order valence-corrected chi connectivity index (χ2v) is 7.27. The number of benzene rings is 1. The average Bonchev–Trinajstić information content (AvgIpc) is 2.93. The summed E-state index contributed by atoms with van der Waals surface area (Å²) in [5, 5.41) is 2.07. The van der Waals surface area contributed by atoms with Gasteiger partial charge >= 0.3 is 0 Å². The minimum Gasteiger partial charge on any atom is -0.293 e. The summed E-state index contributed by atoms with van der Waals surface area (Å²) < 4.78 is 2.44. The molecule has 1 aromatic carbocycles. The van der Waals surface area contributed by atoms with E-state index in [0.717, 1.165) is 4.88 Å². The van der Waals surface area contributed by atoms with Crippen molar-refractivity contribution in [2.75, 3.05) is 0 Å². The maximum absolute atomic E-state index is 12.5. The van der Waals surface area contributed by atoms with Gasteiger partial charge in [-0.25, -0.2) is 0 Å². The van der Waals surface area contributed by atoms with Gasteiger partial charge in [0.2, 0.25) is 0 Å². The first-order chi connectivity index (χ1) is 9.54. The molecule has 1 nitrogen and oxygen atoms in total. The molecule has 0 unspecified atom stereocenters. The third-order valence-corrected chi connectivity index (χ3v) is 5.73. The van der Waals surface area contributed by atoms with Gasteiger partial charge in [-0.3, -0.25) is 4.79 Å². The number of carbonyl (C=O) groups excluding carboxylic acids is 1. The molecule has 2 aromatic heterocycles. The van der Waals surface area contributed by atoms with Crippen LogP contribution in [0.25, 0.3) is 9.40 Å². The van der Waals surface area contributed by atoms with E-state index in [9.17, 15) is 4.79 Å². The van der Waals surface area contributed by atoms with E-state index in [1.165, 1.54) is 31.7 Å². The average molecular weight is 300 g/mol. The first-order valence-electron chi connectivity index (χ1n) is 6.61. The Balaban J connectivity index is 1.91. The summed E-state index contributed by atoms with van der Waals surface area (Å²) in [4.78, 5) is 13.4. The maximum atomic E-state index is 12.5. The van der Waals surface area contributed by atoms with Crippen molar-refractivity contribution < 1.29 is 4.79 Å². The van der Waals surface area contributed by atoms with E-state index in [1.807, 2.05) is 6.07 Å². The standard InChI is InChI=1S/C17H16OS2/c1-10-6-11(2)13(12(3)7-10)8-14(18)16-9-17-15(20-16)4-5-19-17/h4-7,9H,8H2,1-3H3. The Morgan fingerprint density at radius 2 is 1.75 bits per heavy atom. The molecule has 0 aliphatic rings. The van der Waals surface area contributed by atoms with Gasteiger partial charge in [0.05, 0.1) is 4.88 Å². The lowest BCUT2D eigenvalue weighted by atomic mass is 9.95. The van der Waals surface area contributed by atoms with Crippen LogP contribution in [0, 0.1) is 20.8 Å². The summed E-state index contributed by atoms with van der Waals surface area (Å²) in [7, 11) is 0. The van der Waals surface area contributed by atoms with Crippen LogP contribution < -0.4 is 0 Å². The first-order valence-corrected chi connectivity index (χ1v) is 8.31. The van der Waals surface area contributed by atoms with Crippen molar-refractivity contribution in [1.82, 2.24) is 0 Å². The summed E-state index contributed by atoms with van der Waals surface area (Å²) in [6, 6.07) is 8.43. The summed E-state index contributed by atoms with van der Waals surface area (Å²) in [5.41, 5.74) is 4.87. The monoisotopic (exact) mass is 300 g/mol. The lowest BCUT2D eigenvalue weighted by Gasteiger charge is -2.10.